The second-order valence-electron chi connectivity index (χ2n) is 7.02. The van der Waals surface area contributed by atoms with Crippen LogP contribution in [0.1, 0.15) is 49.2 Å². The smallest absolute Gasteiger partial charge is 0.226 e. The Labute approximate surface area is 160 Å². The number of piperidine rings is 1. The van der Waals surface area contributed by atoms with Gasteiger partial charge in [-0.1, -0.05) is 23.7 Å². The second-order valence-corrected chi connectivity index (χ2v) is 7.02. The molecule has 1 atom stereocenters. The van der Waals surface area contributed by atoms with E-state index < -0.39 is 0 Å². The summed E-state index contributed by atoms with van der Waals surface area (Å²) >= 11 is 0. The Balaban J connectivity index is 1.65. The Morgan fingerprint density at radius 2 is 2.00 bits per heavy atom. The maximum Gasteiger partial charge on any atom is 0.226 e. The monoisotopic (exact) mass is 371 g/mol. The lowest BCUT2D eigenvalue weighted by molar-refractivity contribution is -0.120. The lowest BCUT2D eigenvalue weighted by Crippen LogP contribution is -2.41. The van der Waals surface area contributed by atoms with E-state index in [2.05, 4.69) is 27.5 Å². The third kappa shape index (κ3) is 5.57. The summed E-state index contributed by atoms with van der Waals surface area (Å²) in [4.78, 5) is 14.8. The predicted octanol–water partition coefficient (Wildman–Crippen LogP) is 3.27. The van der Waals surface area contributed by atoms with Crippen LogP contribution in [0.15, 0.2) is 34.9 Å². The Kier molecular flexibility index (Phi) is 6.87. The van der Waals surface area contributed by atoms with Gasteiger partial charge in [0.1, 0.15) is 11.5 Å². The zero-order valence-electron chi connectivity index (χ0n) is 16.2. The van der Waals surface area contributed by atoms with E-state index in [-0.39, 0.29) is 18.4 Å². The standard InChI is InChI=1S/C21H29N3O3/c1-3-26-19-9-7-17(8-10-19)20(24-11-5-4-6-12-24)15-22-21(25)14-18-13-16(2)27-23-18/h7-10,13,20H,3-6,11-12,14-15H2,1-2H3,(H,22,25). The van der Waals surface area contributed by atoms with Crippen LogP contribution in [-0.4, -0.2) is 42.2 Å². The van der Waals surface area contributed by atoms with Crippen molar-refractivity contribution in [3.05, 3.63) is 47.3 Å². The minimum Gasteiger partial charge on any atom is -0.494 e. The van der Waals surface area contributed by atoms with Crippen molar-refractivity contribution in [1.29, 1.82) is 0 Å². The van der Waals surface area contributed by atoms with Gasteiger partial charge in [-0.25, -0.2) is 0 Å². The molecule has 1 fully saturated rings. The van der Waals surface area contributed by atoms with Crippen LogP contribution in [-0.2, 0) is 11.2 Å². The number of carbonyl (C=O) groups excluding carboxylic acids is 1. The third-order valence-corrected chi connectivity index (χ3v) is 4.92. The summed E-state index contributed by atoms with van der Waals surface area (Å²) in [5.74, 6) is 1.57. The zero-order valence-corrected chi connectivity index (χ0v) is 16.2. The molecule has 1 aromatic heterocycles. The van der Waals surface area contributed by atoms with E-state index in [4.69, 9.17) is 9.26 Å². The average molecular weight is 371 g/mol. The molecule has 6 heteroatoms. The number of nitrogens with zero attached hydrogens (tertiary/aromatic N) is 2. The number of ether oxygens (including phenoxy) is 1. The number of benzene rings is 1. The van der Waals surface area contributed by atoms with Gasteiger partial charge in [0.05, 0.1) is 24.8 Å². The Hall–Kier alpha value is -2.34. The SMILES string of the molecule is CCOc1ccc(C(CNC(=O)Cc2cc(C)on2)N2CCCCC2)cc1. The fraction of sp³-hybridized carbons (Fsp3) is 0.524. The van der Waals surface area contributed by atoms with E-state index in [9.17, 15) is 4.79 Å². The molecular formula is C21H29N3O3. The van der Waals surface area contributed by atoms with Crippen molar-refractivity contribution in [1.82, 2.24) is 15.4 Å². The molecule has 1 amide bonds. The summed E-state index contributed by atoms with van der Waals surface area (Å²) in [6, 6.07) is 10.2. The Morgan fingerprint density at radius 3 is 2.63 bits per heavy atom. The largest absolute Gasteiger partial charge is 0.494 e. The normalized spacial score (nSPS) is 16.1. The molecule has 1 aliphatic heterocycles. The van der Waals surface area contributed by atoms with E-state index in [1.165, 1.54) is 24.8 Å². The highest BCUT2D eigenvalue weighted by Gasteiger charge is 2.23. The first kappa shape index (κ1) is 19.4. The van der Waals surface area contributed by atoms with E-state index in [1.807, 2.05) is 26.0 Å². The van der Waals surface area contributed by atoms with Gasteiger partial charge >= 0.3 is 0 Å². The molecule has 0 spiro atoms. The molecule has 3 rings (SSSR count). The number of aromatic nitrogens is 1. The van der Waals surface area contributed by atoms with Crippen molar-refractivity contribution in [2.24, 2.45) is 0 Å². The van der Waals surface area contributed by atoms with Crippen LogP contribution in [0, 0.1) is 6.92 Å². The van der Waals surface area contributed by atoms with Crippen LogP contribution in [0.5, 0.6) is 5.75 Å². The highest BCUT2D eigenvalue weighted by molar-refractivity contribution is 5.78. The third-order valence-electron chi connectivity index (χ3n) is 4.92. The van der Waals surface area contributed by atoms with Crippen molar-refractivity contribution in [3.63, 3.8) is 0 Å². The number of carbonyl (C=O) groups is 1. The lowest BCUT2D eigenvalue weighted by Gasteiger charge is -2.35. The van der Waals surface area contributed by atoms with E-state index in [1.54, 1.807) is 6.07 Å². The number of nitrogens with one attached hydrogen (secondary N) is 1. The van der Waals surface area contributed by atoms with Crippen molar-refractivity contribution >= 4 is 5.91 Å². The molecule has 1 aliphatic rings. The van der Waals surface area contributed by atoms with E-state index in [0.717, 1.165) is 24.6 Å². The summed E-state index contributed by atoms with van der Waals surface area (Å²) in [6.45, 7) is 7.19. The molecule has 6 nitrogen and oxygen atoms in total. The minimum absolute atomic E-state index is 0.0313. The predicted molar refractivity (Wildman–Crippen MR) is 104 cm³/mol. The van der Waals surface area contributed by atoms with Gasteiger partial charge in [0, 0.05) is 12.6 Å². The summed E-state index contributed by atoms with van der Waals surface area (Å²) in [5, 5.41) is 6.98. The molecule has 0 bridgehead atoms. The van der Waals surface area contributed by atoms with Gasteiger partial charge in [0.2, 0.25) is 5.91 Å². The molecule has 27 heavy (non-hydrogen) atoms. The first-order chi connectivity index (χ1) is 13.2. The zero-order chi connectivity index (χ0) is 19.1. The van der Waals surface area contributed by atoms with Crippen LogP contribution in [0.4, 0.5) is 0 Å². The Bertz CT molecular complexity index is 721. The van der Waals surface area contributed by atoms with Crippen molar-refractivity contribution in [2.45, 2.75) is 45.6 Å². The van der Waals surface area contributed by atoms with Crippen LogP contribution < -0.4 is 10.1 Å². The molecule has 1 N–H and O–H groups in total. The molecule has 1 unspecified atom stereocenters. The van der Waals surface area contributed by atoms with Gasteiger partial charge in [0.15, 0.2) is 0 Å². The molecule has 0 saturated carbocycles. The summed E-state index contributed by atoms with van der Waals surface area (Å²) in [7, 11) is 0. The number of amides is 1. The minimum atomic E-state index is -0.0313. The maximum atomic E-state index is 12.3. The van der Waals surface area contributed by atoms with Crippen LogP contribution in [0.3, 0.4) is 0 Å². The number of hydrogen-bond acceptors (Lipinski definition) is 5. The van der Waals surface area contributed by atoms with Gasteiger partial charge in [-0.15, -0.1) is 0 Å². The number of likely N-dealkylation sites (tertiary alicyclic amines) is 1. The van der Waals surface area contributed by atoms with Crippen molar-refractivity contribution < 1.29 is 14.1 Å². The van der Waals surface area contributed by atoms with Gasteiger partial charge in [0.25, 0.3) is 0 Å². The molecule has 2 aromatic rings. The summed E-state index contributed by atoms with van der Waals surface area (Å²) < 4.78 is 10.6. The Morgan fingerprint density at radius 1 is 1.26 bits per heavy atom. The molecule has 0 aliphatic carbocycles. The summed E-state index contributed by atoms with van der Waals surface area (Å²) in [5.41, 5.74) is 1.87. The highest BCUT2D eigenvalue weighted by Crippen LogP contribution is 2.26. The topological polar surface area (TPSA) is 67.6 Å². The van der Waals surface area contributed by atoms with Gasteiger partial charge in [-0.3, -0.25) is 9.69 Å². The van der Waals surface area contributed by atoms with Crippen LogP contribution in [0.25, 0.3) is 0 Å². The van der Waals surface area contributed by atoms with Crippen LogP contribution >= 0.6 is 0 Å². The highest BCUT2D eigenvalue weighted by atomic mass is 16.5. The van der Waals surface area contributed by atoms with Crippen LogP contribution in [0.2, 0.25) is 0 Å². The van der Waals surface area contributed by atoms with E-state index >= 15 is 0 Å². The van der Waals surface area contributed by atoms with E-state index in [0.29, 0.717) is 18.8 Å². The first-order valence-electron chi connectivity index (χ1n) is 9.81. The number of aryl methyl sites for hydroxylation is 1. The summed E-state index contributed by atoms with van der Waals surface area (Å²) in [6.07, 6.45) is 3.94. The number of rotatable bonds is 8. The lowest BCUT2D eigenvalue weighted by atomic mass is 10.0. The second kappa shape index (κ2) is 9.55. The average Bonchev–Trinajstić information content (AvgIpc) is 3.09. The van der Waals surface area contributed by atoms with Gasteiger partial charge in [-0.2, -0.15) is 0 Å². The molecular weight excluding hydrogens is 342 g/mol. The molecule has 1 saturated heterocycles. The first-order valence-corrected chi connectivity index (χ1v) is 9.81. The van der Waals surface area contributed by atoms with Crippen molar-refractivity contribution in [3.8, 4) is 5.75 Å². The van der Waals surface area contributed by atoms with Gasteiger partial charge in [-0.05, 0) is 57.5 Å². The molecule has 2 heterocycles. The molecule has 1 aromatic carbocycles. The maximum absolute atomic E-state index is 12.3. The molecule has 146 valence electrons. The van der Waals surface area contributed by atoms with Gasteiger partial charge < -0.3 is 14.6 Å². The number of hydrogen-bond donors (Lipinski definition) is 1. The molecule has 0 radical (unpaired) electrons. The fourth-order valence-corrected chi connectivity index (χ4v) is 3.58. The fourth-order valence-electron chi connectivity index (χ4n) is 3.58. The quantitative estimate of drug-likeness (QED) is 0.771. The van der Waals surface area contributed by atoms with Crippen molar-refractivity contribution in [2.75, 3.05) is 26.2 Å².